The number of benzene rings is 1. The largest absolute Gasteiger partial charge is 0.481 e. The van der Waals surface area contributed by atoms with Gasteiger partial charge in [0.05, 0.1) is 12.1 Å². The maximum Gasteiger partial charge on any atom is 0.303 e. The van der Waals surface area contributed by atoms with Crippen molar-refractivity contribution in [1.29, 1.82) is 0 Å². The topological polar surface area (TPSA) is 77.8 Å². The van der Waals surface area contributed by atoms with Crippen LogP contribution in [0.2, 0.25) is 0 Å². The predicted octanol–water partition coefficient (Wildman–Crippen LogP) is 3.69. The smallest absolute Gasteiger partial charge is 0.303 e. The maximum atomic E-state index is 12.2. The Morgan fingerprint density at radius 1 is 1.34 bits per heavy atom. The van der Waals surface area contributed by atoms with Crippen molar-refractivity contribution in [2.24, 2.45) is 0 Å². The van der Waals surface area contributed by atoms with E-state index in [9.17, 15) is 14.7 Å². The molecule has 0 aliphatic carbocycles. The lowest BCUT2D eigenvalue weighted by atomic mass is 10.0. The Morgan fingerprint density at radius 2 is 2.14 bits per heavy atom. The van der Waals surface area contributed by atoms with Crippen LogP contribution in [0, 0.1) is 0 Å². The van der Waals surface area contributed by atoms with Gasteiger partial charge in [-0.3, -0.25) is 9.59 Å². The maximum absolute atomic E-state index is 12.2. The number of rotatable bonds is 13. The van der Waals surface area contributed by atoms with Crippen LogP contribution in [0.5, 0.6) is 0 Å². The van der Waals surface area contributed by atoms with Crippen molar-refractivity contribution in [2.75, 3.05) is 18.1 Å². The summed E-state index contributed by atoms with van der Waals surface area (Å²) in [6.07, 6.45) is 8.16. The molecular formula is C23H33NO4S. The third kappa shape index (κ3) is 8.62. The zero-order chi connectivity index (χ0) is 21.1. The molecule has 0 radical (unpaired) electrons. The quantitative estimate of drug-likeness (QED) is 0.377. The molecule has 2 N–H and O–H groups in total. The Balaban J connectivity index is 1.79. The SMILES string of the molecule is CCCc1cccc(C[C@H](O)/C=C/[C@H]2CCC(=O)N2CCSCCCC(=O)O)c1. The Bertz CT molecular complexity index is 691. The van der Waals surface area contributed by atoms with E-state index in [0.717, 1.165) is 36.3 Å². The van der Waals surface area contributed by atoms with Gasteiger partial charge in [0.2, 0.25) is 5.91 Å². The number of carboxylic acid groups (broad SMARTS) is 1. The van der Waals surface area contributed by atoms with Crippen LogP contribution in [0.15, 0.2) is 36.4 Å². The first kappa shape index (κ1) is 23.5. The number of aliphatic hydroxyl groups excluding tert-OH is 1. The van der Waals surface area contributed by atoms with Gasteiger partial charge in [-0.25, -0.2) is 0 Å². The Hall–Kier alpha value is -1.79. The highest BCUT2D eigenvalue weighted by Crippen LogP contribution is 2.21. The van der Waals surface area contributed by atoms with Crippen LogP contribution < -0.4 is 0 Å². The fourth-order valence-electron chi connectivity index (χ4n) is 3.60. The van der Waals surface area contributed by atoms with E-state index in [2.05, 4.69) is 19.1 Å². The van der Waals surface area contributed by atoms with Crippen molar-refractivity contribution in [3.05, 3.63) is 47.5 Å². The Morgan fingerprint density at radius 3 is 2.90 bits per heavy atom. The normalized spacial score (nSPS) is 17.9. The van der Waals surface area contributed by atoms with Crippen LogP contribution in [0.3, 0.4) is 0 Å². The Kier molecular flexibility index (Phi) is 10.3. The first-order valence-electron chi connectivity index (χ1n) is 10.5. The molecule has 6 heteroatoms. The summed E-state index contributed by atoms with van der Waals surface area (Å²) in [7, 11) is 0. The van der Waals surface area contributed by atoms with Crippen LogP contribution in [-0.4, -0.2) is 57.2 Å². The van der Waals surface area contributed by atoms with Crippen molar-refractivity contribution in [3.8, 4) is 0 Å². The van der Waals surface area contributed by atoms with Gasteiger partial charge in [-0.2, -0.15) is 11.8 Å². The second kappa shape index (κ2) is 12.7. The lowest BCUT2D eigenvalue weighted by molar-refractivity contribution is -0.137. The van der Waals surface area contributed by atoms with Gasteiger partial charge in [-0.1, -0.05) is 49.8 Å². The van der Waals surface area contributed by atoms with Crippen LogP contribution in [0.25, 0.3) is 0 Å². The second-order valence-corrected chi connectivity index (χ2v) is 8.75. The minimum absolute atomic E-state index is 0.0446. The number of aliphatic hydroxyl groups is 1. The number of hydrogen-bond acceptors (Lipinski definition) is 4. The third-order valence-corrected chi connectivity index (χ3v) is 6.11. The molecule has 0 unspecified atom stereocenters. The molecule has 5 nitrogen and oxygen atoms in total. The summed E-state index contributed by atoms with van der Waals surface area (Å²) in [5.41, 5.74) is 2.43. The summed E-state index contributed by atoms with van der Waals surface area (Å²) >= 11 is 1.69. The third-order valence-electron chi connectivity index (χ3n) is 5.06. The van der Waals surface area contributed by atoms with Gasteiger partial charge < -0.3 is 15.1 Å². The molecule has 29 heavy (non-hydrogen) atoms. The van der Waals surface area contributed by atoms with E-state index >= 15 is 0 Å². The fraction of sp³-hybridized carbons (Fsp3) is 0.565. The summed E-state index contributed by atoms with van der Waals surface area (Å²) in [6, 6.07) is 8.42. The van der Waals surface area contributed by atoms with Crippen molar-refractivity contribution < 1.29 is 19.8 Å². The van der Waals surface area contributed by atoms with Crippen LogP contribution >= 0.6 is 11.8 Å². The number of aryl methyl sites for hydroxylation is 1. The molecule has 0 bridgehead atoms. The van der Waals surface area contributed by atoms with Gasteiger partial charge in [-0.15, -0.1) is 0 Å². The van der Waals surface area contributed by atoms with Crippen LogP contribution in [-0.2, 0) is 22.4 Å². The molecule has 1 aromatic rings. The Labute approximate surface area is 178 Å². The van der Waals surface area contributed by atoms with E-state index < -0.39 is 12.1 Å². The van der Waals surface area contributed by atoms with E-state index in [0.29, 0.717) is 25.8 Å². The van der Waals surface area contributed by atoms with Crippen LogP contribution in [0.4, 0.5) is 0 Å². The monoisotopic (exact) mass is 419 g/mol. The van der Waals surface area contributed by atoms with Crippen molar-refractivity contribution in [2.45, 2.75) is 64.0 Å². The molecule has 1 fully saturated rings. The van der Waals surface area contributed by atoms with E-state index in [-0.39, 0.29) is 18.4 Å². The number of carbonyl (C=O) groups excluding carboxylic acids is 1. The molecule has 1 aliphatic rings. The van der Waals surface area contributed by atoms with Crippen molar-refractivity contribution in [1.82, 2.24) is 4.90 Å². The number of hydrogen-bond donors (Lipinski definition) is 2. The zero-order valence-corrected chi connectivity index (χ0v) is 18.1. The molecule has 2 rings (SSSR count). The molecule has 1 heterocycles. The molecule has 0 spiro atoms. The predicted molar refractivity (Wildman–Crippen MR) is 118 cm³/mol. The summed E-state index contributed by atoms with van der Waals surface area (Å²) in [6.45, 7) is 2.83. The molecule has 2 atom stereocenters. The fourth-order valence-corrected chi connectivity index (χ4v) is 4.48. The number of aliphatic carboxylic acids is 1. The molecule has 1 saturated heterocycles. The minimum Gasteiger partial charge on any atom is -0.481 e. The summed E-state index contributed by atoms with van der Waals surface area (Å²) in [5.74, 6) is 1.00. The minimum atomic E-state index is -0.763. The molecule has 160 valence electrons. The molecule has 1 aliphatic heterocycles. The first-order valence-corrected chi connectivity index (χ1v) is 11.7. The molecule has 1 aromatic carbocycles. The van der Waals surface area contributed by atoms with Crippen molar-refractivity contribution in [3.63, 3.8) is 0 Å². The lowest BCUT2D eigenvalue weighted by Gasteiger charge is -2.22. The van der Waals surface area contributed by atoms with Crippen molar-refractivity contribution >= 4 is 23.6 Å². The van der Waals surface area contributed by atoms with Gasteiger partial charge in [-0.05, 0) is 36.1 Å². The number of carbonyl (C=O) groups is 2. The van der Waals surface area contributed by atoms with E-state index in [1.807, 2.05) is 29.2 Å². The summed E-state index contributed by atoms with van der Waals surface area (Å²) < 4.78 is 0. The second-order valence-electron chi connectivity index (χ2n) is 7.53. The highest BCUT2D eigenvalue weighted by molar-refractivity contribution is 7.99. The van der Waals surface area contributed by atoms with E-state index in [1.54, 1.807) is 11.8 Å². The van der Waals surface area contributed by atoms with Gasteiger partial charge in [0.1, 0.15) is 0 Å². The highest BCUT2D eigenvalue weighted by Gasteiger charge is 2.28. The number of likely N-dealkylation sites (tertiary alicyclic amines) is 1. The van der Waals surface area contributed by atoms with Gasteiger partial charge in [0, 0.05) is 31.6 Å². The zero-order valence-electron chi connectivity index (χ0n) is 17.3. The standard InChI is InChI=1S/C23H33NO4S/c1-2-5-18-6-3-7-19(16-18)17-21(25)11-9-20-10-12-22(26)24(20)13-15-29-14-4-8-23(27)28/h3,6-7,9,11,16,20-21,25H,2,4-5,8,10,12-15,17H2,1H3,(H,27,28)/b11-9+/t20-,21+/m0/s1. The molecule has 1 amide bonds. The van der Waals surface area contributed by atoms with Gasteiger partial charge in [0.15, 0.2) is 0 Å². The lowest BCUT2D eigenvalue weighted by Crippen LogP contribution is -2.34. The van der Waals surface area contributed by atoms with Crippen LogP contribution in [0.1, 0.15) is 50.2 Å². The number of nitrogens with zero attached hydrogens (tertiary/aromatic N) is 1. The number of amides is 1. The summed E-state index contributed by atoms with van der Waals surface area (Å²) in [5, 5.41) is 19.1. The number of thioether (sulfide) groups is 1. The molecule has 0 saturated carbocycles. The molecular weight excluding hydrogens is 386 g/mol. The summed E-state index contributed by atoms with van der Waals surface area (Å²) in [4.78, 5) is 24.6. The van der Waals surface area contributed by atoms with Gasteiger partial charge >= 0.3 is 5.97 Å². The average Bonchev–Trinajstić information content (AvgIpc) is 3.03. The number of carboxylic acids is 1. The first-order chi connectivity index (χ1) is 14.0. The van der Waals surface area contributed by atoms with Gasteiger partial charge in [0.25, 0.3) is 0 Å². The van der Waals surface area contributed by atoms with E-state index in [4.69, 9.17) is 5.11 Å². The molecule has 0 aromatic heterocycles. The highest BCUT2D eigenvalue weighted by atomic mass is 32.2. The van der Waals surface area contributed by atoms with E-state index in [1.165, 1.54) is 5.56 Å². The average molecular weight is 420 g/mol.